The number of carbonyl (C=O) groups is 1. The number of carbonyl (C=O) groups excluding carboxylic acids is 1. The van der Waals surface area contributed by atoms with Gasteiger partial charge in [-0.15, -0.1) is 24.0 Å². The lowest BCUT2D eigenvalue weighted by Crippen LogP contribution is -2.45. The van der Waals surface area contributed by atoms with E-state index >= 15 is 0 Å². The summed E-state index contributed by atoms with van der Waals surface area (Å²) in [7, 11) is 3.49. The molecular formula is C22H36IN5O2. The Kier molecular flexibility index (Phi) is 10.7. The van der Waals surface area contributed by atoms with Gasteiger partial charge in [-0.1, -0.05) is 25.0 Å². The zero-order valence-electron chi connectivity index (χ0n) is 18.2. The Morgan fingerprint density at radius 3 is 2.60 bits per heavy atom. The molecule has 1 aromatic carbocycles. The largest absolute Gasteiger partial charge is 0.383 e. The minimum atomic E-state index is 0. The van der Waals surface area contributed by atoms with Crippen LogP contribution in [0.1, 0.15) is 37.7 Å². The standard InChI is InChI=1S/C22H35N5O2.HI/c1-23-22(25-15-17-7-9-19(10-8-17)24-12-14-29-2)26-20-11-13-27(16-20)21(28)18-5-3-4-6-18;/h7-10,18,20,24H,3-6,11-16H2,1-2H3,(H2,23,25,26);1H. The van der Waals surface area contributed by atoms with Crippen molar-refractivity contribution in [3.05, 3.63) is 29.8 Å². The lowest BCUT2D eigenvalue weighted by molar-refractivity contribution is -0.134. The number of methoxy groups -OCH3 is 1. The number of likely N-dealkylation sites (tertiary alicyclic amines) is 1. The van der Waals surface area contributed by atoms with E-state index in [1.165, 1.54) is 18.4 Å². The van der Waals surface area contributed by atoms with Crippen molar-refractivity contribution in [3.63, 3.8) is 0 Å². The number of rotatable bonds is 8. The fraction of sp³-hybridized carbons (Fsp3) is 0.636. The van der Waals surface area contributed by atoms with E-state index in [0.717, 1.165) is 50.5 Å². The van der Waals surface area contributed by atoms with Crippen LogP contribution in [0.3, 0.4) is 0 Å². The first-order valence-corrected chi connectivity index (χ1v) is 10.8. The first-order valence-electron chi connectivity index (χ1n) is 10.8. The summed E-state index contributed by atoms with van der Waals surface area (Å²) < 4.78 is 5.05. The molecular weight excluding hydrogens is 493 g/mol. The normalized spacial score (nSPS) is 19.5. The molecule has 1 aliphatic carbocycles. The number of guanidine groups is 1. The molecule has 1 amide bonds. The van der Waals surface area contributed by atoms with E-state index in [1.807, 2.05) is 4.90 Å². The van der Waals surface area contributed by atoms with E-state index in [1.54, 1.807) is 14.2 Å². The van der Waals surface area contributed by atoms with E-state index < -0.39 is 0 Å². The average Bonchev–Trinajstić information content (AvgIpc) is 3.44. The van der Waals surface area contributed by atoms with Crippen LogP contribution in [-0.2, 0) is 16.1 Å². The van der Waals surface area contributed by atoms with Gasteiger partial charge >= 0.3 is 0 Å². The highest BCUT2D eigenvalue weighted by Crippen LogP contribution is 2.27. The number of hydrogen-bond donors (Lipinski definition) is 3. The molecule has 168 valence electrons. The summed E-state index contributed by atoms with van der Waals surface area (Å²) in [6.45, 7) is 3.82. The van der Waals surface area contributed by atoms with Gasteiger partial charge in [0.1, 0.15) is 0 Å². The Bertz CT molecular complexity index is 677. The monoisotopic (exact) mass is 529 g/mol. The van der Waals surface area contributed by atoms with Gasteiger partial charge in [0.05, 0.1) is 6.61 Å². The van der Waals surface area contributed by atoms with E-state index in [-0.39, 0.29) is 35.9 Å². The minimum absolute atomic E-state index is 0. The van der Waals surface area contributed by atoms with Crippen molar-refractivity contribution >= 4 is 41.5 Å². The molecule has 0 spiro atoms. The Labute approximate surface area is 197 Å². The van der Waals surface area contributed by atoms with Gasteiger partial charge in [0.2, 0.25) is 5.91 Å². The van der Waals surface area contributed by atoms with Gasteiger partial charge in [-0.3, -0.25) is 9.79 Å². The Morgan fingerprint density at radius 2 is 1.93 bits per heavy atom. The fourth-order valence-electron chi connectivity index (χ4n) is 4.12. The number of aliphatic imine (C=N–C) groups is 1. The van der Waals surface area contributed by atoms with Crippen molar-refractivity contribution in [2.24, 2.45) is 10.9 Å². The van der Waals surface area contributed by atoms with Crippen LogP contribution < -0.4 is 16.0 Å². The van der Waals surface area contributed by atoms with Gasteiger partial charge in [-0.2, -0.15) is 0 Å². The summed E-state index contributed by atoms with van der Waals surface area (Å²) in [6.07, 6.45) is 5.51. The van der Waals surface area contributed by atoms with E-state index in [9.17, 15) is 4.79 Å². The van der Waals surface area contributed by atoms with Gasteiger partial charge in [0, 0.05) is 58.0 Å². The van der Waals surface area contributed by atoms with Crippen LogP contribution in [0.25, 0.3) is 0 Å². The molecule has 2 fully saturated rings. The molecule has 30 heavy (non-hydrogen) atoms. The van der Waals surface area contributed by atoms with Gasteiger partial charge < -0.3 is 25.6 Å². The number of benzene rings is 1. The highest BCUT2D eigenvalue weighted by Gasteiger charge is 2.32. The summed E-state index contributed by atoms with van der Waals surface area (Å²) in [5, 5.41) is 10.2. The highest BCUT2D eigenvalue weighted by atomic mass is 127. The zero-order chi connectivity index (χ0) is 20.5. The van der Waals surface area contributed by atoms with Crippen molar-refractivity contribution in [2.45, 2.75) is 44.7 Å². The number of nitrogens with one attached hydrogen (secondary N) is 3. The molecule has 1 heterocycles. The number of ether oxygens (including phenoxy) is 1. The van der Waals surface area contributed by atoms with Crippen molar-refractivity contribution in [2.75, 3.05) is 45.7 Å². The van der Waals surface area contributed by atoms with Crippen LogP contribution in [0, 0.1) is 5.92 Å². The quantitative estimate of drug-likeness (QED) is 0.209. The predicted molar refractivity (Wildman–Crippen MR) is 133 cm³/mol. The SMILES string of the molecule is CN=C(NCc1ccc(NCCOC)cc1)NC1CCN(C(=O)C2CCCC2)C1.I. The van der Waals surface area contributed by atoms with Gasteiger partial charge in [0.15, 0.2) is 5.96 Å². The van der Waals surface area contributed by atoms with Gasteiger partial charge in [0.25, 0.3) is 0 Å². The molecule has 1 saturated heterocycles. The summed E-state index contributed by atoms with van der Waals surface area (Å²) in [4.78, 5) is 19.0. The number of hydrogen-bond acceptors (Lipinski definition) is 4. The van der Waals surface area contributed by atoms with Crippen molar-refractivity contribution in [3.8, 4) is 0 Å². The van der Waals surface area contributed by atoms with Gasteiger partial charge in [-0.25, -0.2) is 0 Å². The van der Waals surface area contributed by atoms with Gasteiger partial charge in [-0.05, 0) is 37.0 Å². The lowest BCUT2D eigenvalue weighted by atomic mass is 10.1. The van der Waals surface area contributed by atoms with Crippen LogP contribution in [0.2, 0.25) is 0 Å². The first-order chi connectivity index (χ1) is 14.2. The Morgan fingerprint density at radius 1 is 1.20 bits per heavy atom. The molecule has 3 rings (SSSR count). The van der Waals surface area contributed by atoms with Crippen LogP contribution in [-0.4, -0.2) is 63.2 Å². The minimum Gasteiger partial charge on any atom is -0.383 e. The second-order valence-electron chi connectivity index (χ2n) is 7.94. The number of anilines is 1. The molecule has 1 aromatic rings. The summed E-state index contributed by atoms with van der Waals surface area (Å²) in [5.41, 5.74) is 2.28. The third kappa shape index (κ3) is 7.30. The number of amides is 1. The van der Waals surface area contributed by atoms with Crippen LogP contribution in [0.5, 0.6) is 0 Å². The van der Waals surface area contributed by atoms with E-state index in [4.69, 9.17) is 4.74 Å². The molecule has 3 N–H and O–H groups in total. The topological polar surface area (TPSA) is 78.0 Å². The maximum Gasteiger partial charge on any atom is 0.225 e. The maximum absolute atomic E-state index is 12.6. The summed E-state index contributed by atoms with van der Waals surface area (Å²) in [5.74, 6) is 1.40. The molecule has 0 radical (unpaired) electrons. The molecule has 0 aromatic heterocycles. The molecule has 1 saturated carbocycles. The molecule has 0 bridgehead atoms. The fourth-order valence-corrected chi connectivity index (χ4v) is 4.12. The predicted octanol–water partition coefficient (Wildman–Crippen LogP) is 2.82. The van der Waals surface area contributed by atoms with Crippen LogP contribution in [0.4, 0.5) is 5.69 Å². The van der Waals surface area contributed by atoms with Crippen molar-refractivity contribution < 1.29 is 9.53 Å². The third-order valence-electron chi connectivity index (χ3n) is 5.82. The zero-order valence-corrected chi connectivity index (χ0v) is 20.5. The van der Waals surface area contributed by atoms with Crippen LogP contribution >= 0.6 is 24.0 Å². The Hall–Kier alpha value is -1.55. The molecule has 8 heteroatoms. The lowest BCUT2D eigenvalue weighted by Gasteiger charge is -2.21. The maximum atomic E-state index is 12.6. The molecule has 1 aliphatic heterocycles. The second kappa shape index (κ2) is 13.0. The molecule has 1 unspecified atom stereocenters. The Balaban J connectivity index is 0.00000320. The number of nitrogens with zero attached hydrogens (tertiary/aromatic N) is 2. The van der Waals surface area contributed by atoms with E-state index in [0.29, 0.717) is 19.1 Å². The van der Waals surface area contributed by atoms with Crippen LogP contribution in [0.15, 0.2) is 29.3 Å². The molecule has 2 aliphatic rings. The van der Waals surface area contributed by atoms with E-state index in [2.05, 4.69) is 45.2 Å². The smallest absolute Gasteiger partial charge is 0.225 e. The second-order valence-corrected chi connectivity index (χ2v) is 7.94. The number of halogens is 1. The highest BCUT2D eigenvalue weighted by molar-refractivity contribution is 14.0. The molecule has 7 nitrogen and oxygen atoms in total. The average molecular weight is 529 g/mol. The molecule has 1 atom stereocenters. The third-order valence-corrected chi connectivity index (χ3v) is 5.82. The summed E-state index contributed by atoms with van der Waals surface area (Å²) in [6, 6.07) is 8.62. The first kappa shape index (κ1) is 24.7. The summed E-state index contributed by atoms with van der Waals surface area (Å²) >= 11 is 0. The van der Waals surface area contributed by atoms with Crippen molar-refractivity contribution in [1.29, 1.82) is 0 Å². The van der Waals surface area contributed by atoms with Crippen molar-refractivity contribution in [1.82, 2.24) is 15.5 Å².